The SMILES string of the molecule is CCCCCCCCCCCCCCCCSCC(CO)OCCCCCCCCCC. The normalized spacial score (nSPS) is 12.5. The molecule has 1 atom stereocenters. The van der Waals surface area contributed by atoms with Crippen LogP contribution in [0.4, 0.5) is 0 Å². The van der Waals surface area contributed by atoms with Crippen molar-refractivity contribution in [2.45, 2.75) is 161 Å². The summed E-state index contributed by atoms with van der Waals surface area (Å²) in [6.45, 7) is 5.55. The summed E-state index contributed by atoms with van der Waals surface area (Å²) >= 11 is 1.96. The molecule has 1 unspecified atom stereocenters. The number of thioether (sulfide) groups is 1. The fourth-order valence-electron chi connectivity index (χ4n) is 4.25. The minimum absolute atomic E-state index is 0.0381. The maximum absolute atomic E-state index is 9.54. The molecule has 0 saturated carbocycles. The molecule has 0 aliphatic carbocycles. The summed E-state index contributed by atoms with van der Waals surface area (Å²) in [6.07, 6.45) is 30.6. The molecule has 0 aromatic heterocycles. The van der Waals surface area contributed by atoms with Crippen LogP contribution in [-0.2, 0) is 4.74 Å². The second-order valence-electron chi connectivity index (χ2n) is 9.82. The van der Waals surface area contributed by atoms with Crippen molar-refractivity contribution < 1.29 is 9.84 Å². The van der Waals surface area contributed by atoms with Gasteiger partial charge in [-0.3, -0.25) is 0 Å². The second-order valence-corrected chi connectivity index (χ2v) is 11.0. The van der Waals surface area contributed by atoms with Crippen LogP contribution in [0.3, 0.4) is 0 Å². The summed E-state index contributed by atoms with van der Waals surface area (Å²) in [7, 11) is 0. The minimum atomic E-state index is 0.0381. The van der Waals surface area contributed by atoms with Crippen molar-refractivity contribution in [3.63, 3.8) is 0 Å². The van der Waals surface area contributed by atoms with Gasteiger partial charge in [0.25, 0.3) is 0 Å². The molecule has 0 aromatic rings. The molecule has 0 aliphatic rings. The van der Waals surface area contributed by atoms with Crippen molar-refractivity contribution in [1.29, 1.82) is 0 Å². The number of hydrogen-bond acceptors (Lipinski definition) is 3. The highest BCUT2D eigenvalue weighted by atomic mass is 32.2. The monoisotopic (exact) mass is 472 g/mol. The highest BCUT2D eigenvalue weighted by Crippen LogP contribution is 2.15. The Balaban J connectivity index is 3.24. The summed E-state index contributed by atoms with van der Waals surface area (Å²) in [5.41, 5.74) is 0. The molecule has 194 valence electrons. The Morgan fingerprint density at radius 2 is 0.906 bits per heavy atom. The molecule has 0 rings (SSSR count). The molecule has 0 amide bonds. The molecule has 0 heterocycles. The van der Waals surface area contributed by atoms with Crippen molar-refractivity contribution in [2.24, 2.45) is 0 Å². The molecule has 0 saturated heterocycles. The third kappa shape index (κ3) is 26.5. The fourth-order valence-corrected chi connectivity index (χ4v) is 5.29. The van der Waals surface area contributed by atoms with Gasteiger partial charge in [0.1, 0.15) is 0 Å². The molecule has 0 spiro atoms. The van der Waals surface area contributed by atoms with Crippen LogP contribution in [0.5, 0.6) is 0 Å². The van der Waals surface area contributed by atoms with Gasteiger partial charge in [0, 0.05) is 12.4 Å². The van der Waals surface area contributed by atoms with E-state index in [4.69, 9.17) is 4.74 Å². The summed E-state index contributed by atoms with van der Waals surface area (Å²) in [5, 5.41) is 9.54. The van der Waals surface area contributed by atoms with E-state index in [2.05, 4.69) is 13.8 Å². The standard InChI is InChI=1S/C29H60O2S/c1-3-5-7-9-11-13-14-15-16-17-18-20-22-24-26-32-28-29(27-30)31-25-23-21-19-12-10-8-6-4-2/h29-30H,3-28H2,1-2H3. The van der Waals surface area contributed by atoms with Crippen LogP contribution in [0.15, 0.2) is 0 Å². The quantitative estimate of drug-likeness (QED) is 0.115. The van der Waals surface area contributed by atoms with Gasteiger partial charge in [0.05, 0.1) is 12.7 Å². The first-order valence-corrected chi connectivity index (χ1v) is 15.8. The van der Waals surface area contributed by atoms with Crippen molar-refractivity contribution in [3.05, 3.63) is 0 Å². The van der Waals surface area contributed by atoms with Crippen molar-refractivity contribution >= 4 is 11.8 Å². The topological polar surface area (TPSA) is 29.5 Å². The Labute approximate surface area is 207 Å². The van der Waals surface area contributed by atoms with Gasteiger partial charge in [0.2, 0.25) is 0 Å². The molecule has 0 aliphatic heterocycles. The molecular weight excluding hydrogens is 412 g/mol. The first-order chi connectivity index (χ1) is 15.8. The molecule has 0 fully saturated rings. The van der Waals surface area contributed by atoms with Gasteiger partial charge in [0.15, 0.2) is 0 Å². The van der Waals surface area contributed by atoms with Crippen molar-refractivity contribution in [1.82, 2.24) is 0 Å². The van der Waals surface area contributed by atoms with E-state index < -0.39 is 0 Å². The number of unbranched alkanes of at least 4 members (excludes halogenated alkanes) is 20. The van der Waals surface area contributed by atoms with Crippen LogP contribution in [0.1, 0.15) is 155 Å². The van der Waals surface area contributed by atoms with Gasteiger partial charge >= 0.3 is 0 Å². The number of aliphatic hydroxyl groups is 1. The van der Waals surface area contributed by atoms with Gasteiger partial charge in [-0.15, -0.1) is 0 Å². The van der Waals surface area contributed by atoms with Crippen molar-refractivity contribution in [3.8, 4) is 0 Å². The zero-order chi connectivity index (χ0) is 23.4. The number of rotatable bonds is 28. The Bertz CT molecular complexity index is 324. The lowest BCUT2D eigenvalue weighted by molar-refractivity contribution is 0.0260. The van der Waals surface area contributed by atoms with Crippen LogP contribution in [0.25, 0.3) is 0 Å². The molecular formula is C29H60O2S. The van der Waals surface area contributed by atoms with E-state index >= 15 is 0 Å². The lowest BCUT2D eigenvalue weighted by atomic mass is 10.0. The lowest BCUT2D eigenvalue weighted by Gasteiger charge is -2.15. The van der Waals surface area contributed by atoms with Gasteiger partial charge in [-0.05, 0) is 18.6 Å². The van der Waals surface area contributed by atoms with E-state index in [9.17, 15) is 5.11 Å². The highest BCUT2D eigenvalue weighted by Gasteiger charge is 2.07. The van der Waals surface area contributed by atoms with E-state index in [1.165, 1.54) is 141 Å². The summed E-state index contributed by atoms with van der Waals surface area (Å²) < 4.78 is 5.89. The minimum Gasteiger partial charge on any atom is -0.394 e. The predicted octanol–water partition coefficient (Wildman–Crippen LogP) is 9.72. The van der Waals surface area contributed by atoms with Crippen molar-refractivity contribution in [2.75, 3.05) is 24.7 Å². The summed E-state index contributed by atoms with van der Waals surface area (Å²) in [6, 6.07) is 0. The summed E-state index contributed by atoms with van der Waals surface area (Å²) in [5.74, 6) is 2.17. The van der Waals surface area contributed by atoms with Crippen LogP contribution in [0.2, 0.25) is 0 Å². The molecule has 0 radical (unpaired) electrons. The van der Waals surface area contributed by atoms with E-state index in [-0.39, 0.29) is 12.7 Å². The molecule has 1 N–H and O–H groups in total. The van der Waals surface area contributed by atoms with E-state index in [1.54, 1.807) is 0 Å². The van der Waals surface area contributed by atoms with Crippen LogP contribution < -0.4 is 0 Å². The fraction of sp³-hybridized carbons (Fsp3) is 1.00. The third-order valence-corrected chi connectivity index (χ3v) is 7.69. The number of hydrogen-bond donors (Lipinski definition) is 1. The lowest BCUT2D eigenvalue weighted by Crippen LogP contribution is -2.21. The summed E-state index contributed by atoms with van der Waals surface area (Å²) in [4.78, 5) is 0. The number of aliphatic hydroxyl groups excluding tert-OH is 1. The molecule has 0 aromatic carbocycles. The zero-order valence-electron chi connectivity index (χ0n) is 22.2. The highest BCUT2D eigenvalue weighted by molar-refractivity contribution is 7.99. The maximum atomic E-state index is 9.54. The van der Waals surface area contributed by atoms with Crippen LogP contribution >= 0.6 is 11.8 Å². The first-order valence-electron chi connectivity index (χ1n) is 14.6. The zero-order valence-corrected chi connectivity index (χ0v) is 23.0. The Morgan fingerprint density at radius 1 is 0.531 bits per heavy atom. The first kappa shape index (κ1) is 32.3. The largest absolute Gasteiger partial charge is 0.394 e. The van der Waals surface area contributed by atoms with E-state index in [1.807, 2.05) is 11.8 Å². The second kappa shape index (κ2) is 29.3. The molecule has 2 nitrogen and oxygen atoms in total. The Morgan fingerprint density at radius 3 is 1.31 bits per heavy atom. The van der Waals surface area contributed by atoms with Gasteiger partial charge in [-0.25, -0.2) is 0 Å². The van der Waals surface area contributed by atoms with Gasteiger partial charge in [-0.1, -0.05) is 142 Å². The van der Waals surface area contributed by atoms with Gasteiger partial charge in [-0.2, -0.15) is 11.8 Å². The Kier molecular flexibility index (Phi) is 29.5. The van der Waals surface area contributed by atoms with E-state index in [0.717, 1.165) is 18.8 Å². The molecule has 32 heavy (non-hydrogen) atoms. The smallest absolute Gasteiger partial charge is 0.0895 e. The van der Waals surface area contributed by atoms with E-state index in [0.29, 0.717) is 0 Å². The third-order valence-electron chi connectivity index (χ3n) is 6.50. The molecule has 3 heteroatoms. The average molecular weight is 473 g/mol. The van der Waals surface area contributed by atoms with Crippen LogP contribution in [0, 0.1) is 0 Å². The predicted molar refractivity (Wildman–Crippen MR) is 147 cm³/mol. The Hall–Kier alpha value is 0.270. The number of ether oxygens (including phenoxy) is 1. The molecule has 0 bridgehead atoms. The average Bonchev–Trinajstić information content (AvgIpc) is 2.81. The van der Waals surface area contributed by atoms with Crippen LogP contribution in [-0.4, -0.2) is 35.9 Å². The van der Waals surface area contributed by atoms with Gasteiger partial charge < -0.3 is 9.84 Å². The maximum Gasteiger partial charge on any atom is 0.0895 e.